The number of nitrogens with one attached hydrogen (secondary N) is 1. The van der Waals surface area contributed by atoms with E-state index in [1.54, 1.807) is 25.1 Å². The fourth-order valence-corrected chi connectivity index (χ4v) is 1.96. The van der Waals surface area contributed by atoms with Gasteiger partial charge in [-0.2, -0.15) is 0 Å². The number of nitro benzene ring substituents is 1. The van der Waals surface area contributed by atoms with E-state index in [1.807, 2.05) is 13.0 Å². The van der Waals surface area contributed by atoms with Crippen molar-refractivity contribution in [1.82, 2.24) is 0 Å². The summed E-state index contributed by atoms with van der Waals surface area (Å²) in [4.78, 5) is 10.4. The lowest BCUT2D eigenvalue weighted by Gasteiger charge is -2.11. The Labute approximate surface area is 121 Å². The standard InChI is InChI=1S/C15H15N3O3/c1-9-3-5-12(15(16)17)14(7-9)21-11-4-6-13(18(19)20)10(2)8-11/h3-8H,1-2H3,(H3,16,17). The summed E-state index contributed by atoms with van der Waals surface area (Å²) in [6.07, 6.45) is 0. The van der Waals surface area contributed by atoms with Crippen LogP contribution in [0.4, 0.5) is 5.69 Å². The van der Waals surface area contributed by atoms with Gasteiger partial charge in [0.2, 0.25) is 0 Å². The minimum atomic E-state index is -0.438. The van der Waals surface area contributed by atoms with E-state index in [0.29, 0.717) is 22.6 Å². The van der Waals surface area contributed by atoms with Gasteiger partial charge in [-0.3, -0.25) is 15.5 Å². The zero-order chi connectivity index (χ0) is 15.6. The largest absolute Gasteiger partial charge is 0.457 e. The van der Waals surface area contributed by atoms with Crippen LogP contribution in [-0.2, 0) is 0 Å². The van der Waals surface area contributed by atoms with Crippen molar-refractivity contribution >= 4 is 11.5 Å². The number of amidine groups is 1. The van der Waals surface area contributed by atoms with E-state index in [1.165, 1.54) is 12.1 Å². The van der Waals surface area contributed by atoms with Gasteiger partial charge in [-0.25, -0.2) is 0 Å². The molecule has 2 aromatic carbocycles. The van der Waals surface area contributed by atoms with Gasteiger partial charge in [-0.05, 0) is 43.7 Å². The Balaban J connectivity index is 2.38. The summed E-state index contributed by atoms with van der Waals surface area (Å²) in [5.41, 5.74) is 7.52. The average molecular weight is 285 g/mol. The number of hydrogen-bond donors (Lipinski definition) is 2. The summed E-state index contributed by atoms with van der Waals surface area (Å²) in [5.74, 6) is 0.825. The summed E-state index contributed by atoms with van der Waals surface area (Å²) in [6.45, 7) is 3.55. The van der Waals surface area contributed by atoms with E-state index in [-0.39, 0.29) is 11.5 Å². The molecular formula is C15H15N3O3. The predicted molar refractivity (Wildman–Crippen MR) is 80.1 cm³/mol. The molecule has 0 aromatic heterocycles. The lowest BCUT2D eigenvalue weighted by atomic mass is 10.1. The number of hydrogen-bond acceptors (Lipinski definition) is 4. The van der Waals surface area contributed by atoms with Crippen molar-refractivity contribution in [2.24, 2.45) is 5.73 Å². The van der Waals surface area contributed by atoms with Crippen molar-refractivity contribution in [3.05, 3.63) is 63.2 Å². The maximum Gasteiger partial charge on any atom is 0.272 e. The highest BCUT2D eigenvalue weighted by atomic mass is 16.6. The summed E-state index contributed by atoms with van der Waals surface area (Å²) in [7, 11) is 0. The van der Waals surface area contributed by atoms with Gasteiger partial charge in [-0.15, -0.1) is 0 Å². The molecule has 2 aromatic rings. The molecule has 3 N–H and O–H groups in total. The van der Waals surface area contributed by atoms with Crippen LogP contribution < -0.4 is 10.5 Å². The third-order valence-electron chi connectivity index (χ3n) is 3.02. The van der Waals surface area contributed by atoms with Gasteiger partial charge in [0.1, 0.15) is 17.3 Å². The van der Waals surface area contributed by atoms with E-state index in [0.717, 1.165) is 5.56 Å². The van der Waals surface area contributed by atoms with E-state index >= 15 is 0 Å². The normalized spacial score (nSPS) is 10.2. The summed E-state index contributed by atoms with van der Waals surface area (Å²) in [6, 6.07) is 9.83. The summed E-state index contributed by atoms with van der Waals surface area (Å²) >= 11 is 0. The van der Waals surface area contributed by atoms with Gasteiger partial charge in [0, 0.05) is 11.6 Å². The number of nitro groups is 1. The molecular weight excluding hydrogens is 270 g/mol. The number of nitrogens with zero attached hydrogens (tertiary/aromatic N) is 1. The van der Waals surface area contributed by atoms with Crippen LogP contribution in [0.1, 0.15) is 16.7 Å². The Morgan fingerprint density at radius 1 is 1.24 bits per heavy atom. The van der Waals surface area contributed by atoms with Crippen molar-refractivity contribution in [1.29, 1.82) is 5.41 Å². The van der Waals surface area contributed by atoms with Gasteiger partial charge in [0.25, 0.3) is 5.69 Å². The second kappa shape index (κ2) is 5.62. The highest BCUT2D eigenvalue weighted by molar-refractivity contribution is 5.97. The minimum absolute atomic E-state index is 0.0402. The molecule has 0 unspecified atom stereocenters. The van der Waals surface area contributed by atoms with E-state index in [4.69, 9.17) is 15.9 Å². The molecule has 0 saturated carbocycles. The Morgan fingerprint density at radius 2 is 1.95 bits per heavy atom. The number of nitrogens with two attached hydrogens (primary N) is 1. The van der Waals surface area contributed by atoms with E-state index in [2.05, 4.69) is 0 Å². The van der Waals surface area contributed by atoms with Crippen molar-refractivity contribution in [2.75, 3.05) is 0 Å². The van der Waals surface area contributed by atoms with Crippen LogP contribution in [-0.4, -0.2) is 10.8 Å². The molecule has 6 heteroatoms. The third-order valence-corrected chi connectivity index (χ3v) is 3.02. The number of aryl methyl sites for hydroxylation is 2. The zero-order valence-electron chi connectivity index (χ0n) is 11.7. The van der Waals surface area contributed by atoms with Gasteiger partial charge in [0.15, 0.2) is 0 Å². The van der Waals surface area contributed by atoms with Crippen LogP contribution in [0.2, 0.25) is 0 Å². The molecule has 6 nitrogen and oxygen atoms in total. The second-order valence-electron chi connectivity index (χ2n) is 4.72. The molecule has 0 aliphatic rings. The lowest BCUT2D eigenvalue weighted by molar-refractivity contribution is -0.385. The quantitative estimate of drug-likeness (QED) is 0.389. The van der Waals surface area contributed by atoms with Crippen LogP contribution in [0, 0.1) is 29.4 Å². The first-order valence-electron chi connectivity index (χ1n) is 6.26. The minimum Gasteiger partial charge on any atom is -0.457 e. The van der Waals surface area contributed by atoms with Crippen molar-refractivity contribution in [2.45, 2.75) is 13.8 Å². The molecule has 0 spiro atoms. The van der Waals surface area contributed by atoms with Crippen LogP contribution >= 0.6 is 0 Å². The monoisotopic (exact) mass is 285 g/mol. The third kappa shape index (κ3) is 3.17. The first-order chi connectivity index (χ1) is 9.88. The van der Waals surface area contributed by atoms with Crippen LogP contribution in [0.15, 0.2) is 36.4 Å². The predicted octanol–water partition coefficient (Wildman–Crippen LogP) is 3.29. The fraction of sp³-hybridized carbons (Fsp3) is 0.133. The fourth-order valence-electron chi connectivity index (χ4n) is 1.96. The van der Waals surface area contributed by atoms with Crippen LogP contribution in [0.3, 0.4) is 0 Å². The Kier molecular flexibility index (Phi) is 3.89. The SMILES string of the molecule is Cc1ccc(C(=N)N)c(Oc2ccc([N+](=O)[O-])c(C)c2)c1. The van der Waals surface area contributed by atoms with Crippen molar-refractivity contribution < 1.29 is 9.66 Å². The topological polar surface area (TPSA) is 102 Å². The molecule has 0 aliphatic heterocycles. The van der Waals surface area contributed by atoms with Gasteiger partial charge in [-0.1, -0.05) is 6.07 Å². The molecule has 0 saturated heterocycles. The lowest BCUT2D eigenvalue weighted by Crippen LogP contribution is -2.12. The number of benzene rings is 2. The summed E-state index contributed by atoms with van der Waals surface area (Å²) < 4.78 is 5.72. The van der Waals surface area contributed by atoms with Gasteiger partial charge >= 0.3 is 0 Å². The van der Waals surface area contributed by atoms with Gasteiger partial charge < -0.3 is 10.5 Å². The smallest absolute Gasteiger partial charge is 0.272 e. The highest BCUT2D eigenvalue weighted by Crippen LogP contribution is 2.29. The Hall–Kier alpha value is -2.89. The average Bonchev–Trinajstić information content (AvgIpc) is 2.37. The molecule has 0 bridgehead atoms. The second-order valence-corrected chi connectivity index (χ2v) is 4.72. The number of nitrogen functional groups attached to an aromatic ring is 1. The number of ether oxygens (including phenoxy) is 1. The highest BCUT2D eigenvalue weighted by Gasteiger charge is 2.13. The molecule has 21 heavy (non-hydrogen) atoms. The molecule has 108 valence electrons. The first kappa shape index (κ1) is 14.5. The zero-order valence-corrected chi connectivity index (χ0v) is 11.7. The molecule has 0 amide bonds. The number of rotatable bonds is 4. The molecule has 0 atom stereocenters. The van der Waals surface area contributed by atoms with Crippen LogP contribution in [0.5, 0.6) is 11.5 Å². The molecule has 2 rings (SSSR count). The van der Waals surface area contributed by atoms with E-state index in [9.17, 15) is 10.1 Å². The molecule has 0 fully saturated rings. The molecule has 0 aliphatic carbocycles. The van der Waals surface area contributed by atoms with Gasteiger partial charge in [0.05, 0.1) is 10.5 Å². The molecule has 0 radical (unpaired) electrons. The Bertz CT molecular complexity index is 726. The van der Waals surface area contributed by atoms with Crippen molar-refractivity contribution in [3.63, 3.8) is 0 Å². The van der Waals surface area contributed by atoms with Crippen LogP contribution in [0.25, 0.3) is 0 Å². The maximum absolute atomic E-state index is 10.8. The summed E-state index contributed by atoms with van der Waals surface area (Å²) in [5, 5.41) is 18.4. The first-order valence-corrected chi connectivity index (χ1v) is 6.26. The Morgan fingerprint density at radius 3 is 2.52 bits per heavy atom. The maximum atomic E-state index is 10.8. The molecule has 0 heterocycles. The van der Waals surface area contributed by atoms with E-state index < -0.39 is 4.92 Å². The van der Waals surface area contributed by atoms with Crippen molar-refractivity contribution in [3.8, 4) is 11.5 Å².